The minimum absolute atomic E-state index is 0.321. The van der Waals surface area contributed by atoms with Crippen molar-refractivity contribution in [1.29, 1.82) is 5.26 Å². The molecule has 5 heteroatoms. The highest BCUT2D eigenvalue weighted by molar-refractivity contribution is 5.81. The quantitative estimate of drug-likeness (QED) is 0.475. The van der Waals surface area contributed by atoms with E-state index in [-0.39, 0.29) is 0 Å². The number of guanidine groups is 1. The second-order valence-electron chi connectivity index (χ2n) is 4.95. The number of aliphatic imine (C=N–C) groups is 1. The third-order valence-electron chi connectivity index (χ3n) is 3.04. The van der Waals surface area contributed by atoms with Gasteiger partial charge in [0.1, 0.15) is 5.75 Å². The van der Waals surface area contributed by atoms with E-state index in [0.29, 0.717) is 25.0 Å². The van der Waals surface area contributed by atoms with Gasteiger partial charge < -0.3 is 15.4 Å². The molecule has 0 radical (unpaired) electrons. The molecule has 0 aliphatic heterocycles. The summed E-state index contributed by atoms with van der Waals surface area (Å²) >= 11 is 0. The first-order valence-electron chi connectivity index (χ1n) is 7.29. The average Bonchev–Trinajstić information content (AvgIpc) is 2.45. The highest BCUT2D eigenvalue weighted by Gasteiger charge is 2.09. The van der Waals surface area contributed by atoms with Crippen LogP contribution in [0, 0.1) is 11.3 Å². The lowest BCUT2D eigenvalue weighted by Crippen LogP contribution is -2.41. The minimum Gasteiger partial charge on any atom is -0.494 e. The molecular formula is C16H24N4O. The number of hydrogen-bond donors (Lipinski definition) is 1. The monoisotopic (exact) mass is 288 g/mol. The Morgan fingerprint density at radius 2 is 2.05 bits per heavy atom. The number of nitrogens with two attached hydrogens (primary N) is 1. The summed E-state index contributed by atoms with van der Waals surface area (Å²) < 4.78 is 5.53. The van der Waals surface area contributed by atoms with Crippen molar-refractivity contribution in [2.75, 3.05) is 13.2 Å². The van der Waals surface area contributed by atoms with Crippen LogP contribution in [0.1, 0.15) is 33.6 Å². The van der Waals surface area contributed by atoms with Crippen LogP contribution in [-0.2, 0) is 0 Å². The number of hydrogen-bond acceptors (Lipinski definition) is 3. The second kappa shape index (κ2) is 8.85. The second-order valence-corrected chi connectivity index (χ2v) is 4.95. The molecule has 0 unspecified atom stereocenters. The van der Waals surface area contributed by atoms with Crippen LogP contribution in [0.2, 0.25) is 0 Å². The van der Waals surface area contributed by atoms with Gasteiger partial charge in [-0.1, -0.05) is 0 Å². The van der Waals surface area contributed by atoms with Crippen molar-refractivity contribution < 1.29 is 4.74 Å². The van der Waals surface area contributed by atoms with Crippen molar-refractivity contribution in [1.82, 2.24) is 4.90 Å². The largest absolute Gasteiger partial charge is 0.494 e. The molecule has 0 amide bonds. The Morgan fingerprint density at radius 1 is 1.38 bits per heavy atom. The molecule has 0 saturated carbocycles. The lowest BCUT2D eigenvalue weighted by molar-refractivity contribution is 0.312. The van der Waals surface area contributed by atoms with E-state index in [4.69, 9.17) is 15.7 Å². The highest BCUT2D eigenvalue weighted by atomic mass is 16.5. The molecule has 0 aromatic heterocycles. The molecule has 0 saturated heterocycles. The lowest BCUT2D eigenvalue weighted by Gasteiger charge is -2.25. The van der Waals surface area contributed by atoms with Crippen LogP contribution in [-0.4, -0.2) is 30.1 Å². The third-order valence-corrected chi connectivity index (χ3v) is 3.04. The van der Waals surface area contributed by atoms with E-state index in [2.05, 4.69) is 31.8 Å². The van der Waals surface area contributed by atoms with E-state index >= 15 is 0 Å². The van der Waals surface area contributed by atoms with E-state index < -0.39 is 0 Å². The Balaban J connectivity index is 2.63. The number of unbranched alkanes of at least 4 members (excludes halogenated alkanes) is 1. The van der Waals surface area contributed by atoms with Crippen LogP contribution < -0.4 is 10.5 Å². The van der Waals surface area contributed by atoms with Gasteiger partial charge in [0.25, 0.3) is 0 Å². The summed E-state index contributed by atoms with van der Waals surface area (Å²) in [5.74, 6) is 1.30. The molecule has 1 aromatic rings. The molecule has 0 aliphatic rings. The maximum Gasteiger partial charge on any atom is 0.196 e. The number of ether oxygens (including phenoxy) is 1. The van der Waals surface area contributed by atoms with Crippen LogP contribution in [0.5, 0.6) is 5.75 Å². The van der Waals surface area contributed by atoms with Crippen LogP contribution in [0.25, 0.3) is 0 Å². The third kappa shape index (κ3) is 5.74. The number of nitrogens with zero attached hydrogens (tertiary/aromatic N) is 3. The summed E-state index contributed by atoms with van der Waals surface area (Å²) in [6.45, 7) is 7.61. The van der Waals surface area contributed by atoms with Crippen molar-refractivity contribution in [2.24, 2.45) is 10.7 Å². The van der Waals surface area contributed by atoms with Crippen molar-refractivity contribution in [3.8, 4) is 11.8 Å². The minimum atomic E-state index is 0.321. The fourth-order valence-electron chi connectivity index (χ4n) is 1.95. The Labute approximate surface area is 127 Å². The number of rotatable bonds is 7. The molecule has 1 aromatic carbocycles. The Kier molecular flexibility index (Phi) is 7.10. The SMILES string of the molecule is CCN(C(N)=Nc1ccc(OCCCC#N)cc1)C(C)C. The van der Waals surface area contributed by atoms with Crippen LogP contribution in [0.15, 0.2) is 29.3 Å². The molecule has 5 nitrogen and oxygen atoms in total. The molecule has 1 rings (SSSR count). The average molecular weight is 288 g/mol. The zero-order valence-corrected chi connectivity index (χ0v) is 13.0. The number of nitriles is 1. The summed E-state index contributed by atoms with van der Waals surface area (Å²) in [5.41, 5.74) is 6.83. The van der Waals surface area contributed by atoms with Gasteiger partial charge >= 0.3 is 0 Å². The zero-order valence-electron chi connectivity index (χ0n) is 13.0. The smallest absolute Gasteiger partial charge is 0.196 e. The van der Waals surface area contributed by atoms with Gasteiger partial charge in [-0.3, -0.25) is 0 Å². The first-order chi connectivity index (χ1) is 10.1. The summed E-state index contributed by atoms with van der Waals surface area (Å²) in [7, 11) is 0. The molecule has 0 fully saturated rings. The van der Waals surface area contributed by atoms with Gasteiger partial charge in [0, 0.05) is 19.0 Å². The van der Waals surface area contributed by atoms with E-state index in [1.807, 2.05) is 29.2 Å². The maximum absolute atomic E-state index is 8.45. The Morgan fingerprint density at radius 3 is 2.57 bits per heavy atom. The van der Waals surface area contributed by atoms with Gasteiger partial charge in [-0.25, -0.2) is 4.99 Å². The van der Waals surface area contributed by atoms with Crippen molar-refractivity contribution in [3.63, 3.8) is 0 Å². The van der Waals surface area contributed by atoms with E-state index in [1.165, 1.54) is 0 Å². The molecule has 0 spiro atoms. The predicted octanol–water partition coefficient (Wildman–Crippen LogP) is 3.05. The zero-order chi connectivity index (χ0) is 15.7. The van der Waals surface area contributed by atoms with Crippen LogP contribution in [0.4, 0.5) is 5.69 Å². The molecular weight excluding hydrogens is 264 g/mol. The fourth-order valence-corrected chi connectivity index (χ4v) is 1.95. The van der Waals surface area contributed by atoms with Gasteiger partial charge in [-0.05, 0) is 51.5 Å². The standard InChI is InChI=1S/C16H24N4O/c1-4-20(13(2)3)16(18)19-14-7-9-15(10-8-14)21-12-6-5-11-17/h7-10,13H,4-6,12H2,1-3H3,(H2,18,19). The first kappa shape index (κ1) is 16.8. The fraction of sp³-hybridized carbons (Fsp3) is 0.500. The van der Waals surface area contributed by atoms with Gasteiger partial charge in [-0.15, -0.1) is 0 Å². The molecule has 0 atom stereocenters. The Hall–Kier alpha value is -2.22. The first-order valence-corrected chi connectivity index (χ1v) is 7.29. The summed E-state index contributed by atoms with van der Waals surface area (Å²) in [4.78, 5) is 6.46. The normalized spacial score (nSPS) is 11.3. The van der Waals surface area contributed by atoms with Gasteiger partial charge in [0.05, 0.1) is 18.4 Å². The van der Waals surface area contributed by atoms with Crippen molar-refractivity contribution >= 4 is 11.6 Å². The van der Waals surface area contributed by atoms with E-state index in [0.717, 1.165) is 24.4 Å². The molecule has 2 N–H and O–H groups in total. The summed E-state index contributed by atoms with van der Waals surface area (Å²) in [6.07, 6.45) is 1.25. The van der Waals surface area contributed by atoms with Crippen molar-refractivity contribution in [2.45, 2.75) is 39.7 Å². The molecule has 21 heavy (non-hydrogen) atoms. The lowest BCUT2D eigenvalue weighted by atomic mass is 10.3. The van der Waals surface area contributed by atoms with Gasteiger partial charge in [0.2, 0.25) is 0 Å². The topological polar surface area (TPSA) is 74.6 Å². The van der Waals surface area contributed by atoms with Crippen LogP contribution >= 0.6 is 0 Å². The Bertz CT molecular complexity index is 488. The molecule has 0 heterocycles. The van der Waals surface area contributed by atoms with Crippen LogP contribution in [0.3, 0.4) is 0 Å². The molecule has 0 bridgehead atoms. The van der Waals surface area contributed by atoms with Gasteiger partial charge in [-0.2, -0.15) is 5.26 Å². The van der Waals surface area contributed by atoms with Gasteiger partial charge in [0.15, 0.2) is 5.96 Å². The maximum atomic E-state index is 8.45. The van der Waals surface area contributed by atoms with E-state index in [9.17, 15) is 0 Å². The predicted molar refractivity (Wildman–Crippen MR) is 85.6 cm³/mol. The summed E-state index contributed by atoms with van der Waals surface area (Å²) in [6, 6.07) is 9.90. The number of benzene rings is 1. The van der Waals surface area contributed by atoms with E-state index in [1.54, 1.807) is 0 Å². The highest BCUT2D eigenvalue weighted by Crippen LogP contribution is 2.18. The van der Waals surface area contributed by atoms with Crippen molar-refractivity contribution in [3.05, 3.63) is 24.3 Å². The molecule has 0 aliphatic carbocycles. The summed E-state index contributed by atoms with van der Waals surface area (Å²) in [5, 5.41) is 8.45. The molecule has 114 valence electrons.